The number of carbonyl (C=O) groups excluding carboxylic acids is 1. The van der Waals surface area contributed by atoms with Gasteiger partial charge >= 0.3 is 0 Å². The second-order valence-electron chi connectivity index (χ2n) is 8.62. The number of hydrogen-bond acceptors (Lipinski definition) is 5. The van der Waals surface area contributed by atoms with E-state index in [1.54, 1.807) is 12.1 Å². The number of amides is 1. The van der Waals surface area contributed by atoms with Gasteiger partial charge in [0.15, 0.2) is 5.65 Å². The quantitative estimate of drug-likeness (QED) is 0.406. The largest absolute Gasteiger partial charge is 0.322 e. The fourth-order valence-electron chi connectivity index (χ4n) is 4.16. The molecular formula is C25H23F2N5O3S. The molecule has 0 bridgehead atoms. The molecule has 8 nitrogen and oxygen atoms in total. The molecule has 0 aliphatic carbocycles. The summed E-state index contributed by atoms with van der Waals surface area (Å²) < 4.78 is 55.5. The molecule has 0 unspecified atom stereocenters. The van der Waals surface area contributed by atoms with Gasteiger partial charge in [0.25, 0.3) is 12.3 Å². The maximum atomic E-state index is 13.8. The molecule has 5 rings (SSSR count). The van der Waals surface area contributed by atoms with Crippen molar-refractivity contribution in [2.45, 2.75) is 31.1 Å². The van der Waals surface area contributed by atoms with Crippen LogP contribution in [-0.4, -0.2) is 46.3 Å². The summed E-state index contributed by atoms with van der Waals surface area (Å²) in [6, 6.07) is 14.3. The SMILES string of the molecule is Cc1ccc(-c2cc(C(F)F)n3ncc(C(=O)Nc4ccc(S(=O)(=O)N5CCCC5)cc4)c3n2)cc1. The van der Waals surface area contributed by atoms with Gasteiger partial charge in [-0.2, -0.15) is 9.40 Å². The smallest absolute Gasteiger partial charge is 0.280 e. The molecule has 1 aliphatic heterocycles. The van der Waals surface area contributed by atoms with Crippen molar-refractivity contribution in [2.24, 2.45) is 0 Å². The summed E-state index contributed by atoms with van der Waals surface area (Å²) in [5.41, 5.74) is 1.91. The van der Waals surface area contributed by atoms with E-state index < -0.39 is 22.4 Å². The van der Waals surface area contributed by atoms with Gasteiger partial charge in [-0.3, -0.25) is 4.79 Å². The molecule has 4 aromatic rings. The molecule has 11 heteroatoms. The van der Waals surface area contributed by atoms with E-state index in [0.717, 1.165) is 22.9 Å². The highest BCUT2D eigenvalue weighted by Gasteiger charge is 2.27. The number of carbonyl (C=O) groups is 1. The fourth-order valence-corrected chi connectivity index (χ4v) is 5.68. The molecular weight excluding hydrogens is 488 g/mol. The summed E-state index contributed by atoms with van der Waals surface area (Å²) in [6.45, 7) is 2.90. The number of benzene rings is 2. The van der Waals surface area contributed by atoms with Crippen LogP contribution in [0.1, 0.15) is 40.9 Å². The molecule has 186 valence electrons. The summed E-state index contributed by atoms with van der Waals surface area (Å²) in [7, 11) is -3.58. The Morgan fingerprint density at radius 1 is 1.03 bits per heavy atom. The Morgan fingerprint density at radius 3 is 2.33 bits per heavy atom. The zero-order valence-electron chi connectivity index (χ0n) is 19.4. The van der Waals surface area contributed by atoms with Gasteiger partial charge in [-0.15, -0.1) is 0 Å². The number of rotatable bonds is 6. The number of nitrogens with zero attached hydrogens (tertiary/aromatic N) is 4. The lowest BCUT2D eigenvalue weighted by Crippen LogP contribution is -2.27. The molecule has 2 aromatic carbocycles. The lowest BCUT2D eigenvalue weighted by molar-refractivity contribution is 0.102. The Bertz CT molecular complexity index is 1530. The Balaban J connectivity index is 1.45. The van der Waals surface area contributed by atoms with Gasteiger partial charge in [-0.05, 0) is 50.1 Å². The van der Waals surface area contributed by atoms with E-state index in [4.69, 9.17) is 0 Å². The van der Waals surface area contributed by atoms with Crippen molar-refractivity contribution in [3.8, 4) is 11.3 Å². The summed E-state index contributed by atoms with van der Waals surface area (Å²) >= 11 is 0. The molecule has 1 N–H and O–H groups in total. The molecule has 0 radical (unpaired) electrons. The summed E-state index contributed by atoms with van der Waals surface area (Å²) in [5.74, 6) is -0.603. The highest BCUT2D eigenvalue weighted by Crippen LogP contribution is 2.28. The van der Waals surface area contributed by atoms with Crippen molar-refractivity contribution in [3.05, 3.63) is 77.6 Å². The zero-order valence-corrected chi connectivity index (χ0v) is 20.2. The highest BCUT2D eigenvalue weighted by atomic mass is 32.2. The first-order valence-electron chi connectivity index (χ1n) is 11.4. The Morgan fingerprint density at radius 2 is 1.69 bits per heavy atom. The van der Waals surface area contributed by atoms with Gasteiger partial charge < -0.3 is 5.32 Å². The molecule has 3 heterocycles. The van der Waals surface area contributed by atoms with Crippen LogP contribution in [0.15, 0.2) is 65.7 Å². The standard InChI is InChI=1S/C25H23F2N5O3S/c1-16-4-6-17(7-5-16)21-14-22(23(26)27)32-24(30-21)20(15-28-32)25(33)29-18-8-10-19(11-9-18)36(34,35)31-12-2-3-13-31/h4-11,14-15,23H,2-3,12-13H2,1H3,(H,29,33). The zero-order chi connectivity index (χ0) is 25.4. The summed E-state index contributed by atoms with van der Waals surface area (Å²) in [5, 5.41) is 6.64. The third kappa shape index (κ3) is 4.47. The van der Waals surface area contributed by atoms with Crippen LogP contribution < -0.4 is 5.32 Å². The van der Waals surface area contributed by atoms with Crippen LogP contribution in [-0.2, 0) is 10.0 Å². The van der Waals surface area contributed by atoms with Gasteiger partial charge in [0.05, 0.1) is 16.8 Å². The van der Waals surface area contributed by atoms with Crippen LogP contribution in [0, 0.1) is 6.92 Å². The van der Waals surface area contributed by atoms with E-state index in [0.29, 0.717) is 30.0 Å². The third-order valence-electron chi connectivity index (χ3n) is 6.13. The normalized spacial score (nSPS) is 14.6. The van der Waals surface area contributed by atoms with Gasteiger partial charge in [-0.1, -0.05) is 29.8 Å². The van der Waals surface area contributed by atoms with Crippen molar-refractivity contribution in [1.29, 1.82) is 0 Å². The fraction of sp³-hybridized carbons (Fsp3) is 0.240. The van der Waals surface area contributed by atoms with Crippen molar-refractivity contribution in [3.63, 3.8) is 0 Å². The minimum atomic E-state index is -3.58. The number of alkyl halides is 2. The summed E-state index contributed by atoms with van der Waals surface area (Å²) in [4.78, 5) is 17.6. The number of halogens is 2. The molecule has 0 saturated carbocycles. The molecule has 1 amide bonds. The molecule has 2 aromatic heterocycles. The van der Waals surface area contributed by atoms with Crippen LogP contribution in [0.25, 0.3) is 16.9 Å². The van der Waals surface area contributed by atoms with Crippen molar-refractivity contribution in [2.75, 3.05) is 18.4 Å². The van der Waals surface area contributed by atoms with Gasteiger partial charge in [0.1, 0.15) is 11.3 Å². The Hall–Kier alpha value is -3.70. The molecule has 0 atom stereocenters. The molecule has 1 fully saturated rings. The van der Waals surface area contributed by atoms with Gasteiger partial charge in [0.2, 0.25) is 10.0 Å². The predicted octanol–water partition coefficient (Wildman–Crippen LogP) is 4.68. The van der Waals surface area contributed by atoms with Crippen molar-refractivity contribution >= 4 is 27.3 Å². The first kappa shape index (κ1) is 24.0. The van der Waals surface area contributed by atoms with E-state index in [-0.39, 0.29) is 21.8 Å². The van der Waals surface area contributed by atoms with Crippen LogP contribution in [0.2, 0.25) is 0 Å². The van der Waals surface area contributed by atoms with Crippen LogP contribution in [0.5, 0.6) is 0 Å². The number of anilines is 1. The number of aromatic nitrogens is 3. The Labute approximate surface area is 206 Å². The minimum Gasteiger partial charge on any atom is -0.322 e. The number of aryl methyl sites for hydroxylation is 1. The van der Waals surface area contributed by atoms with Gasteiger partial charge in [0, 0.05) is 24.3 Å². The van der Waals surface area contributed by atoms with Crippen LogP contribution in [0.4, 0.5) is 14.5 Å². The van der Waals surface area contributed by atoms with E-state index in [1.165, 1.54) is 40.8 Å². The third-order valence-corrected chi connectivity index (χ3v) is 8.04. The van der Waals surface area contributed by atoms with E-state index >= 15 is 0 Å². The van der Waals surface area contributed by atoms with E-state index in [1.807, 2.05) is 19.1 Å². The van der Waals surface area contributed by atoms with E-state index in [2.05, 4.69) is 15.4 Å². The monoisotopic (exact) mass is 511 g/mol. The van der Waals surface area contributed by atoms with Crippen molar-refractivity contribution in [1.82, 2.24) is 18.9 Å². The first-order chi connectivity index (χ1) is 17.2. The average molecular weight is 512 g/mol. The number of sulfonamides is 1. The molecule has 36 heavy (non-hydrogen) atoms. The predicted molar refractivity (Wildman–Crippen MR) is 131 cm³/mol. The van der Waals surface area contributed by atoms with Gasteiger partial charge in [-0.25, -0.2) is 26.7 Å². The average Bonchev–Trinajstić information content (AvgIpc) is 3.55. The second-order valence-corrected chi connectivity index (χ2v) is 10.6. The number of fused-ring (bicyclic) bond motifs is 1. The molecule has 1 saturated heterocycles. The molecule has 0 spiro atoms. The van der Waals surface area contributed by atoms with Crippen LogP contribution >= 0.6 is 0 Å². The van der Waals surface area contributed by atoms with Crippen LogP contribution in [0.3, 0.4) is 0 Å². The lowest BCUT2D eigenvalue weighted by Gasteiger charge is -2.15. The Kier molecular flexibility index (Phi) is 6.27. The number of nitrogens with one attached hydrogen (secondary N) is 1. The maximum absolute atomic E-state index is 13.8. The maximum Gasteiger partial charge on any atom is 0.280 e. The van der Waals surface area contributed by atoms with E-state index in [9.17, 15) is 22.0 Å². The first-order valence-corrected chi connectivity index (χ1v) is 12.8. The second kappa shape index (κ2) is 9.40. The summed E-state index contributed by atoms with van der Waals surface area (Å²) in [6.07, 6.45) is 0.0230. The van der Waals surface area contributed by atoms with Crippen molar-refractivity contribution < 1.29 is 22.0 Å². The number of hydrogen-bond donors (Lipinski definition) is 1. The topological polar surface area (TPSA) is 96.7 Å². The highest BCUT2D eigenvalue weighted by molar-refractivity contribution is 7.89. The minimum absolute atomic E-state index is 0.00546. The lowest BCUT2D eigenvalue weighted by atomic mass is 10.1. The molecule has 1 aliphatic rings.